The molecule has 0 N–H and O–H groups in total. The van der Waals surface area contributed by atoms with Crippen molar-refractivity contribution in [3.63, 3.8) is 0 Å². The number of rotatable bonds is 6. The van der Waals surface area contributed by atoms with E-state index in [1.54, 1.807) is 0 Å². The van der Waals surface area contributed by atoms with Gasteiger partial charge in [0.05, 0.1) is 5.69 Å². The van der Waals surface area contributed by atoms with Crippen molar-refractivity contribution in [3.05, 3.63) is 211 Å². The Morgan fingerprint density at radius 3 is 1.42 bits per heavy atom. The first-order valence-electron chi connectivity index (χ1n) is 19.8. The number of furan rings is 1. The van der Waals surface area contributed by atoms with Gasteiger partial charge < -0.3 is 9.32 Å². The minimum Gasteiger partial charge on any atom is -0.453 e. The van der Waals surface area contributed by atoms with E-state index in [9.17, 15) is 0 Å². The molecule has 57 heavy (non-hydrogen) atoms. The number of benzene rings is 9. The molecule has 9 aromatic carbocycles. The number of anilines is 3. The third-order valence-corrected chi connectivity index (χ3v) is 12.1. The summed E-state index contributed by atoms with van der Waals surface area (Å²) in [6.45, 7) is 4.73. The van der Waals surface area contributed by atoms with Gasteiger partial charge in [-0.05, 0) is 91.4 Å². The molecule has 0 saturated heterocycles. The molecular formula is C55H39NO. The van der Waals surface area contributed by atoms with E-state index in [0.29, 0.717) is 0 Å². The summed E-state index contributed by atoms with van der Waals surface area (Å²) in [5.74, 6) is 0. The van der Waals surface area contributed by atoms with Gasteiger partial charge in [0.25, 0.3) is 0 Å². The molecule has 0 atom stereocenters. The van der Waals surface area contributed by atoms with Crippen molar-refractivity contribution >= 4 is 49.8 Å². The number of nitrogens with zero attached hydrogens (tertiary/aromatic N) is 1. The molecule has 0 unspecified atom stereocenters. The van der Waals surface area contributed by atoms with Crippen molar-refractivity contribution in [1.29, 1.82) is 0 Å². The molecule has 270 valence electrons. The second-order valence-electron chi connectivity index (χ2n) is 15.7. The molecule has 10 aromatic rings. The van der Waals surface area contributed by atoms with Gasteiger partial charge in [0.2, 0.25) is 0 Å². The lowest BCUT2D eigenvalue weighted by Crippen LogP contribution is -2.15. The molecule has 2 nitrogen and oxygen atoms in total. The van der Waals surface area contributed by atoms with Crippen molar-refractivity contribution in [1.82, 2.24) is 0 Å². The molecule has 1 aliphatic rings. The summed E-state index contributed by atoms with van der Waals surface area (Å²) in [4.78, 5) is 2.35. The molecule has 1 aromatic heterocycles. The standard InChI is InChI=1S/C55H39NO/c1-55(2)48-22-12-11-20-46(48)50-44-18-9-10-19-45(44)54-51(52(50)55)47-21-13-23-49(53(47)57-54)56(42-32-28-40(29-33-42)37-16-7-4-8-17-37)43-34-30-41(31-35-43)39-26-24-38(25-27-39)36-14-5-3-6-15-36/h3-35H,1-2H3. The van der Waals surface area contributed by atoms with Gasteiger partial charge in [-0.25, -0.2) is 0 Å². The second-order valence-corrected chi connectivity index (χ2v) is 15.7. The van der Waals surface area contributed by atoms with Gasteiger partial charge >= 0.3 is 0 Å². The summed E-state index contributed by atoms with van der Waals surface area (Å²) in [7, 11) is 0. The van der Waals surface area contributed by atoms with Crippen LogP contribution in [0, 0.1) is 0 Å². The van der Waals surface area contributed by atoms with Gasteiger partial charge in [0, 0.05) is 32.9 Å². The second kappa shape index (κ2) is 13.0. The first-order chi connectivity index (χ1) is 28.0. The molecular weight excluding hydrogens is 691 g/mol. The first-order valence-corrected chi connectivity index (χ1v) is 19.8. The molecule has 11 rings (SSSR count). The Kier molecular flexibility index (Phi) is 7.55. The predicted octanol–water partition coefficient (Wildman–Crippen LogP) is 15.5. The van der Waals surface area contributed by atoms with Crippen LogP contribution in [-0.4, -0.2) is 0 Å². The maximum atomic E-state index is 7.23. The van der Waals surface area contributed by atoms with Crippen molar-refractivity contribution in [2.45, 2.75) is 19.3 Å². The molecule has 1 heterocycles. The maximum Gasteiger partial charge on any atom is 0.159 e. The summed E-state index contributed by atoms with van der Waals surface area (Å²) in [6.07, 6.45) is 0. The minimum atomic E-state index is -0.205. The third-order valence-electron chi connectivity index (χ3n) is 12.1. The molecule has 0 fully saturated rings. The van der Waals surface area contributed by atoms with Crippen LogP contribution in [-0.2, 0) is 5.41 Å². The van der Waals surface area contributed by atoms with Gasteiger partial charge in [-0.3, -0.25) is 0 Å². The zero-order chi connectivity index (χ0) is 38.1. The van der Waals surface area contributed by atoms with E-state index in [-0.39, 0.29) is 5.41 Å². The highest BCUT2D eigenvalue weighted by atomic mass is 16.3. The van der Waals surface area contributed by atoms with E-state index in [2.05, 4.69) is 219 Å². The smallest absolute Gasteiger partial charge is 0.159 e. The zero-order valence-corrected chi connectivity index (χ0v) is 31.9. The summed E-state index contributed by atoms with van der Waals surface area (Å²) in [5.41, 5.74) is 17.3. The predicted molar refractivity (Wildman–Crippen MR) is 240 cm³/mol. The third kappa shape index (κ3) is 5.25. The molecule has 0 radical (unpaired) electrons. The Morgan fingerprint density at radius 2 is 0.842 bits per heavy atom. The van der Waals surface area contributed by atoms with Crippen LogP contribution >= 0.6 is 0 Å². The van der Waals surface area contributed by atoms with E-state index in [0.717, 1.165) is 39.0 Å². The Morgan fingerprint density at radius 1 is 0.386 bits per heavy atom. The highest BCUT2D eigenvalue weighted by Crippen LogP contribution is 2.57. The Bertz CT molecular complexity index is 3100. The molecule has 2 heteroatoms. The van der Waals surface area contributed by atoms with E-state index >= 15 is 0 Å². The number of para-hydroxylation sites is 1. The minimum absolute atomic E-state index is 0.205. The Labute approximate surface area is 332 Å². The normalized spacial score (nSPS) is 12.9. The van der Waals surface area contributed by atoms with Gasteiger partial charge in [0.15, 0.2) is 5.58 Å². The molecule has 0 saturated carbocycles. The fourth-order valence-corrected chi connectivity index (χ4v) is 9.31. The van der Waals surface area contributed by atoms with E-state index in [1.807, 2.05) is 0 Å². The number of fused-ring (bicyclic) bond motifs is 10. The zero-order valence-electron chi connectivity index (χ0n) is 31.9. The van der Waals surface area contributed by atoms with Crippen LogP contribution in [0.4, 0.5) is 17.1 Å². The van der Waals surface area contributed by atoms with Crippen molar-refractivity contribution < 1.29 is 4.42 Å². The largest absolute Gasteiger partial charge is 0.453 e. The number of hydrogen-bond donors (Lipinski definition) is 0. The monoisotopic (exact) mass is 729 g/mol. The maximum absolute atomic E-state index is 7.23. The first kappa shape index (κ1) is 33.2. The van der Waals surface area contributed by atoms with Crippen molar-refractivity contribution in [2.24, 2.45) is 0 Å². The lowest BCUT2D eigenvalue weighted by Gasteiger charge is -2.26. The molecule has 0 spiro atoms. The SMILES string of the molecule is CC1(C)c2ccccc2-c2c1c1c3cccc(N(c4ccc(-c5ccccc5)cc4)c4ccc(-c5ccc(-c6ccccc6)cc5)cc4)c3oc1c1ccccc21. The highest BCUT2D eigenvalue weighted by Gasteiger charge is 2.40. The van der Waals surface area contributed by atoms with E-state index in [4.69, 9.17) is 4.42 Å². The summed E-state index contributed by atoms with van der Waals surface area (Å²) in [6, 6.07) is 72.1. The van der Waals surface area contributed by atoms with Gasteiger partial charge in [-0.2, -0.15) is 0 Å². The van der Waals surface area contributed by atoms with Gasteiger partial charge in [-0.1, -0.05) is 184 Å². The van der Waals surface area contributed by atoms with Crippen molar-refractivity contribution in [2.75, 3.05) is 4.90 Å². The lowest BCUT2D eigenvalue weighted by molar-refractivity contribution is 0.659. The Balaban J connectivity index is 1.10. The fourth-order valence-electron chi connectivity index (χ4n) is 9.31. The topological polar surface area (TPSA) is 16.4 Å². The number of hydrogen-bond acceptors (Lipinski definition) is 2. The Hall–Kier alpha value is -7.16. The quantitative estimate of drug-likeness (QED) is 0.169. The summed E-state index contributed by atoms with van der Waals surface area (Å²) < 4.78 is 7.23. The molecule has 1 aliphatic carbocycles. The van der Waals surface area contributed by atoms with Crippen LogP contribution in [0.2, 0.25) is 0 Å². The van der Waals surface area contributed by atoms with Crippen LogP contribution in [0.3, 0.4) is 0 Å². The van der Waals surface area contributed by atoms with Crippen LogP contribution in [0.25, 0.3) is 77.2 Å². The molecule has 0 aliphatic heterocycles. The molecule has 0 amide bonds. The molecule has 0 bridgehead atoms. The average molecular weight is 730 g/mol. The lowest BCUT2D eigenvalue weighted by atomic mass is 9.79. The summed E-state index contributed by atoms with van der Waals surface area (Å²) >= 11 is 0. The van der Waals surface area contributed by atoms with Crippen molar-refractivity contribution in [3.8, 4) is 44.5 Å². The summed E-state index contributed by atoms with van der Waals surface area (Å²) in [5, 5.41) is 4.71. The average Bonchev–Trinajstić information content (AvgIpc) is 3.78. The van der Waals surface area contributed by atoms with Crippen LogP contribution < -0.4 is 4.90 Å². The van der Waals surface area contributed by atoms with Crippen LogP contribution in [0.1, 0.15) is 25.0 Å². The van der Waals surface area contributed by atoms with E-state index < -0.39 is 0 Å². The van der Waals surface area contributed by atoms with Gasteiger partial charge in [0.1, 0.15) is 5.58 Å². The van der Waals surface area contributed by atoms with Crippen LogP contribution in [0.5, 0.6) is 0 Å². The highest BCUT2D eigenvalue weighted by molar-refractivity contribution is 6.24. The van der Waals surface area contributed by atoms with Gasteiger partial charge in [-0.15, -0.1) is 0 Å². The van der Waals surface area contributed by atoms with Crippen LogP contribution in [0.15, 0.2) is 205 Å². The van der Waals surface area contributed by atoms with E-state index in [1.165, 1.54) is 66.4 Å². The fraction of sp³-hybridized carbons (Fsp3) is 0.0545.